The zero-order valence-corrected chi connectivity index (χ0v) is 50.1. The molecule has 4 heterocycles. The van der Waals surface area contributed by atoms with Crippen molar-refractivity contribution < 1.29 is 38.6 Å². The maximum atomic E-state index is 15.6. The molecule has 9 aromatic rings. The lowest BCUT2D eigenvalue weighted by Crippen LogP contribution is -2.52. The number of hydrogen-bond acceptors (Lipinski definition) is 13. The number of phenolic OH excluding ortho intramolecular Hbond substituents is 1. The number of carbonyl (C=O) groups is 6. The fraction of sp³-hybridized carbons (Fsp3) is 0.229. The Balaban J connectivity index is 1.05. The van der Waals surface area contributed by atoms with Crippen LogP contribution in [0.5, 0.6) is 11.5 Å². The van der Waals surface area contributed by atoms with E-state index in [0.717, 1.165) is 11.1 Å². The quantitative estimate of drug-likeness (QED) is 0.0435. The standard InChI is InChI=1S/C70H71N11O8/c1-48(52-22-9-5-10-23-52)78(43-63(71)83)68(87)46-81(51(4)55-28-15-8-16-29-55)69(88)47-80(50(3)54-26-13-7-14-27-54)67(86)44-77(38-39-89-57-40-60(58-31-17-19-36-72-58)75-61(41-57)59-32-18-20-37-73-59)66(85)45-79(49(2)53-24-11-6-12-25-53)65(84)42-74-64-35-34-56-30-21-33-62(82)70(56)76-64/h5-37,40-41,48-51,82H,38-39,42-47H2,1-4H3,(H2,71,83)(H,74,76). The molecule has 0 aliphatic heterocycles. The molecule has 4 aromatic heterocycles. The number of nitrogens with zero attached hydrogens (tertiary/aromatic N) is 9. The van der Waals surface area contributed by atoms with Crippen LogP contribution in [0.1, 0.15) is 74.1 Å². The Kier molecular flexibility index (Phi) is 21.1. The number of phenols is 1. The highest BCUT2D eigenvalue weighted by atomic mass is 16.5. The Hall–Kier alpha value is -10.8. The number of hydrogen-bond donors (Lipinski definition) is 3. The molecule has 0 saturated carbocycles. The number of aromatic hydroxyl groups is 1. The highest BCUT2D eigenvalue weighted by Crippen LogP contribution is 2.30. The SMILES string of the molecule is CC(c1ccccc1)N(CC(N)=O)C(=O)CN(C(=O)CN(C(=O)CN(CCOc1cc(-c2ccccn2)nc(-c2ccccn2)c1)C(=O)CN(C(=O)CNc1ccc2cccc(O)c2n1)C(C)c1ccccc1)C(C)c1ccccc1)C(C)c1ccccc1. The average Bonchev–Trinajstić information content (AvgIpc) is 2.10. The summed E-state index contributed by atoms with van der Waals surface area (Å²) in [7, 11) is 0. The molecule has 6 amide bonds. The van der Waals surface area contributed by atoms with Crippen LogP contribution < -0.4 is 15.8 Å². The Morgan fingerprint density at radius 2 is 0.888 bits per heavy atom. The number of nitrogens with two attached hydrogens (primary N) is 1. The minimum atomic E-state index is -0.769. The Morgan fingerprint density at radius 1 is 0.461 bits per heavy atom. The first kappa shape index (κ1) is 62.7. The van der Waals surface area contributed by atoms with Crippen LogP contribution in [0.4, 0.5) is 5.82 Å². The number of pyridine rings is 4. The second-order valence-corrected chi connectivity index (χ2v) is 21.5. The van der Waals surface area contributed by atoms with Crippen molar-refractivity contribution in [3.8, 4) is 34.3 Å². The van der Waals surface area contributed by atoms with E-state index in [-0.39, 0.29) is 25.4 Å². The van der Waals surface area contributed by atoms with E-state index < -0.39 is 92.3 Å². The van der Waals surface area contributed by atoms with Gasteiger partial charge in [-0.15, -0.1) is 0 Å². The largest absolute Gasteiger partial charge is 0.506 e. The molecule has 9 rings (SSSR count). The molecule has 0 bridgehead atoms. The molecule has 0 aliphatic rings. The second kappa shape index (κ2) is 30.0. The summed E-state index contributed by atoms with van der Waals surface area (Å²) >= 11 is 0. The molecule has 0 spiro atoms. The maximum absolute atomic E-state index is 15.6. The number of amides is 6. The van der Waals surface area contributed by atoms with Gasteiger partial charge in [-0.2, -0.15) is 0 Å². The summed E-state index contributed by atoms with van der Waals surface area (Å²) in [5.74, 6) is -2.95. The second-order valence-electron chi connectivity index (χ2n) is 21.5. The van der Waals surface area contributed by atoms with E-state index in [2.05, 4.69) is 20.3 Å². The molecule has 0 fully saturated rings. The molecule has 4 N–H and O–H groups in total. The molecule has 4 unspecified atom stereocenters. The Morgan fingerprint density at radius 3 is 1.34 bits per heavy atom. The lowest BCUT2D eigenvalue weighted by Gasteiger charge is -2.37. The normalized spacial score (nSPS) is 12.4. The molecule has 4 atom stereocenters. The fourth-order valence-electron chi connectivity index (χ4n) is 10.5. The van der Waals surface area contributed by atoms with Crippen LogP contribution >= 0.6 is 0 Å². The third kappa shape index (κ3) is 16.4. The molecule has 0 radical (unpaired) electrons. The van der Waals surface area contributed by atoms with Crippen molar-refractivity contribution in [1.82, 2.24) is 44.4 Å². The van der Waals surface area contributed by atoms with E-state index in [4.69, 9.17) is 15.5 Å². The summed E-state index contributed by atoms with van der Waals surface area (Å²) in [6.07, 6.45) is 3.31. The number of nitrogens with one attached hydrogen (secondary N) is 1. The number of rotatable bonds is 27. The number of aromatic nitrogens is 4. The van der Waals surface area contributed by atoms with Crippen molar-refractivity contribution in [2.24, 2.45) is 5.73 Å². The Bertz CT molecular complexity index is 3800. The zero-order chi connectivity index (χ0) is 62.8. The smallest absolute Gasteiger partial charge is 0.243 e. The lowest BCUT2D eigenvalue weighted by molar-refractivity contribution is -0.150. The molecular formula is C70H71N11O8. The maximum Gasteiger partial charge on any atom is 0.243 e. The fourth-order valence-corrected chi connectivity index (χ4v) is 10.5. The van der Waals surface area contributed by atoms with Crippen molar-refractivity contribution in [1.29, 1.82) is 0 Å². The van der Waals surface area contributed by atoms with Crippen LogP contribution in [0.3, 0.4) is 0 Å². The van der Waals surface area contributed by atoms with Gasteiger partial charge in [-0.1, -0.05) is 146 Å². The van der Waals surface area contributed by atoms with Crippen molar-refractivity contribution in [2.75, 3.05) is 57.7 Å². The van der Waals surface area contributed by atoms with Gasteiger partial charge in [0.05, 0.1) is 73.1 Å². The van der Waals surface area contributed by atoms with Gasteiger partial charge in [0.15, 0.2) is 0 Å². The highest BCUT2D eigenvalue weighted by Gasteiger charge is 2.35. The molecule has 89 heavy (non-hydrogen) atoms. The van der Waals surface area contributed by atoms with Crippen LogP contribution in [0.2, 0.25) is 0 Å². The highest BCUT2D eigenvalue weighted by molar-refractivity contribution is 5.93. The van der Waals surface area contributed by atoms with Gasteiger partial charge in [0.2, 0.25) is 35.4 Å². The van der Waals surface area contributed by atoms with E-state index in [9.17, 15) is 19.5 Å². The number of benzene rings is 5. The molecule has 19 heteroatoms. The summed E-state index contributed by atoms with van der Waals surface area (Å²) in [6, 6.07) is 56.8. The van der Waals surface area contributed by atoms with E-state index in [1.807, 2.05) is 159 Å². The summed E-state index contributed by atoms with van der Waals surface area (Å²) in [4.78, 5) is 114. The van der Waals surface area contributed by atoms with Gasteiger partial charge in [0.25, 0.3) is 0 Å². The third-order valence-electron chi connectivity index (χ3n) is 15.6. The van der Waals surface area contributed by atoms with Gasteiger partial charge < -0.3 is 45.4 Å². The van der Waals surface area contributed by atoms with Crippen LogP contribution in [0.15, 0.2) is 213 Å². The third-order valence-corrected chi connectivity index (χ3v) is 15.6. The minimum absolute atomic E-state index is 0.0277. The molecular weight excluding hydrogens is 1120 g/mol. The number of anilines is 1. The first-order chi connectivity index (χ1) is 43.1. The van der Waals surface area contributed by atoms with Gasteiger partial charge >= 0.3 is 0 Å². The zero-order valence-electron chi connectivity index (χ0n) is 50.1. The van der Waals surface area contributed by atoms with Gasteiger partial charge in [-0.05, 0) is 92.4 Å². The number of carbonyl (C=O) groups excluding carboxylic acids is 6. The summed E-state index contributed by atoms with van der Waals surface area (Å²) in [5.41, 5.74) is 11.1. The van der Waals surface area contributed by atoms with E-state index >= 15 is 14.4 Å². The number of para-hydroxylation sites is 1. The first-order valence-electron chi connectivity index (χ1n) is 29.4. The molecule has 0 saturated heterocycles. The summed E-state index contributed by atoms with van der Waals surface area (Å²) in [5, 5.41) is 14.4. The Labute approximate surface area is 517 Å². The number of primary amides is 1. The van der Waals surface area contributed by atoms with Gasteiger partial charge in [0.1, 0.15) is 49.1 Å². The summed E-state index contributed by atoms with van der Waals surface area (Å²) in [6.45, 7) is 3.99. The molecule has 19 nitrogen and oxygen atoms in total. The lowest BCUT2D eigenvalue weighted by atomic mass is 10.0. The van der Waals surface area contributed by atoms with Crippen LogP contribution in [-0.2, 0) is 28.8 Å². The molecule has 0 aliphatic carbocycles. The van der Waals surface area contributed by atoms with Crippen LogP contribution in [0, 0.1) is 0 Å². The van der Waals surface area contributed by atoms with Crippen molar-refractivity contribution in [2.45, 2.75) is 51.9 Å². The van der Waals surface area contributed by atoms with Crippen LogP contribution in [0.25, 0.3) is 33.7 Å². The van der Waals surface area contributed by atoms with Crippen molar-refractivity contribution >= 4 is 52.2 Å². The minimum Gasteiger partial charge on any atom is -0.506 e. The molecule has 454 valence electrons. The van der Waals surface area contributed by atoms with E-state index in [1.54, 1.807) is 75.6 Å². The average molecular weight is 1190 g/mol. The first-order valence-corrected chi connectivity index (χ1v) is 29.4. The number of fused-ring (bicyclic) bond motifs is 1. The van der Waals surface area contributed by atoms with E-state index in [1.165, 1.54) is 30.6 Å². The summed E-state index contributed by atoms with van der Waals surface area (Å²) < 4.78 is 6.50. The van der Waals surface area contributed by atoms with Gasteiger partial charge in [-0.25, -0.2) is 9.97 Å². The van der Waals surface area contributed by atoms with Crippen molar-refractivity contribution in [3.05, 3.63) is 235 Å². The molecule has 5 aromatic carbocycles. The van der Waals surface area contributed by atoms with Gasteiger partial charge in [0, 0.05) is 29.9 Å². The van der Waals surface area contributed by atoms with Crippen LogP contribution in [-0.4, -0.2) is 137 Å². The predicted octanol–water partition coefficient (Wildman–Crippen LogP) is 9.62. The predicted molar refractivity (Wildman–Crippen MR) is 340 cm³/mol. The number of ether oxygens (including phenoxy) is 1. The van der Waals surface area contributed by atoms with Gasteiger partial charge in [-0.3, -0.25) is 38.7 Å². The monoisotopic (exact) mass is 1190 g/mol. The van der Waals surface area contributed by atoms with E-state index in [0.29, 0.717) is 56.4 Å². The van der Waals surface area contributed by atoms with Crippen molar-refractivity contribution in [3.63, 3.8) is 0 Å². The topological polar surface area (TPSA) is 238 Å².